The minimum Gasteiger partial charge on any atom is -0.327 e. The standard InChI is InChI=1S/C33H32F2N4O2/c1-31(24-15-25(34)17-26(35)16-24)20-37-33(10-2-3-11-33)30(41)39(31)13-5-6-21-8-9-22-18-32(19-23(22)14-21)27-7-4-12-36-28(27)38-29(32)40/h4-9,12,14-17,37H,2-3,10-11,13,18-20H2,1H3,(H,36,38,40)/b6-5+/t31-,32?/m0/s1. The van der Waals surface area contributed by atoms with Crippen molar-refractivity contribution >= 4 is 23.7 Å². The van der Waals surface area contributed by atoms with E-state index in [1.54, 1.807) is 11.1 Å². The number of benzene rings is 2. The number of nitrogens with zero attached hydrogens (tertiary/aromatic N) is 2. The zero-order valence-electron chi connectivity index (χ0n) is 23.0. The van der Waals surface area contributed by atoms with Gasteiger partial charge in [0.15, 0.2) is 0 Å². The molecule has 0 radical (unpaired) electrons. The monoisotopic (exact) mass is 554 g/mol. The highest BCUT2D eigenvalue weighted by Gasteiger charge is 2.53. The van der Waals surface area contributed by atoms with Gasteiger partial charge in [0.1, 0.15) is 17.5 Å². The number of amides is 2. The van der Waals surface area contributed by atoms with E-state index in [9.17, 15) is 18.4 Å². The summed E-state index contributed by atoms with van der Waals surface area (Å²) in [6.45, 7) is 2.59. The minimum atomic E-state index is -0.917. The van der Waals surface area contributed by atoms with Crippen molar-refractivity contribution < 1.29 is 18.4 Å². The molecule has 3 aromatic rings. The lowest BCUT2D eigenvalue weighted by atomic mass is 9.79. The van der Waals surface area contributed by atoms with Gasteiger partial charge >= 0.3 is 0 Å². The number of halogens is 2. The second-order valence-corrected chi connectivity index (χ2v) is 12.2. The van der Waals surface area contributed by atoms with E-state index in [2.05, 4.69) is 27.8 Å². The molecule has 1 saturated heterocycles. The zero-order chi connectivity index (χ0) is 28.4. The van der Waals surface area contributed by atoms with Crippen LogP contribution in [-0.4, -0.2) is 40.3 Å². The Kier molecular flexibility index (Phi) is 5.91. The molecule has 2 spiro atoms. The number of aromatic nitrogens is 1. The van der Waals surface area contributed by atoms with E-state index in [4.69, 9.17) is 0 Å². The molecule has 2 aliphatic carbocycles. The molecule has 1 aromatic heterocycles. The predicted octanol–water partition coefficient (Wildman–Crippen LogP) is 5.02. The summed E-state index contributed by atoms with van der Waals surface area (Å²) in [5.74, 6) is -0.697. The number of fused-ring (bicyclic) bond motifs is 3. The first kappa shape index (κ1) is 26.0. The molecule has 4 aliphatic rings. The molecule has 8 heteroatoms. The second kappa shape index (κ2) is 9.31. The highest BCUT2D eigenvalue weighted by atomic mass is 19.1. The number of hydrogen-bond donors (Lipinski definition) is 2. The molecule has 2 amide bonds. The highest BCUT2D eigenvalue weighted by molar-refractivity contribution is 6.06. The Morgan fingerprint density at radius 3 is 2.54 bits per heavy atom. The number of anilines is 1. The first-order valence-corrected chi connectivity index (χ1v) is 14.3. The van der Waals surface area contributed by atoms with Gasteiger partial charge in [-0.2, -0.15) is 0 Å². The normalized spacial score (nSPS) is 26.3. The molecule has 210 valence electrons. The van der Waals surface area contributed by atoms with Crippen molar-refractivity contribution in [2.75, 3.05) is 18.4 Å². The Labute approximate surface area is 237 Å². The molecule has 2 fully saturated rings. The minimum absolute atomic E-state index is 0.00868. The van der Waals surface area contributed by atoms with Crippen LogP contribution in [0.2, 0.25) is 0 Å². The van der Waals surface area contributed by atoms with Gasteiger partial charge < -0.3 is 15.5 Å². The summed E-state index contributed by atoms with van der Waals surface area (Å²) in [4.78, 5) is 33.2. The zero-order valence-corrected chi connectivity index (χ0v) is 23.0. The summed E-state index contributed by atoms with van der Waals surface area (Å²) in [7, 11) is 0. The molecule has 1 unspecified atom stereocenters. The Morgan fingerprint density at radius 1 is 1.00 bits per heavy atom. The molecule has 2 aliphatic heterocycles. The van der Waals surface area contributed by atoms with Gasteiger partial charge in [-0.15, -0.1) is 0 Å². The molecule has 2 N–H and O–H groups in total. The molecule has 41 heavy (non-hydrogen) atoms. The predicted molar refractivity (Wildman–Crippen MR) is 152 cm³/mol. The van der Waals surface area contributed by atoms with Crippen molar-refractivity contribution in [2.24, 2.45) is 0 Å². The van der Waals surface area contributed by atoms with Crippen LogP contribution in [0.3, 0.4) is 0 Å². The maximum absolute atomic E-state index is 14.3. The molecule has 0 bridgehead atoms. The Morgan fingerprint density at radius 2 is 1.76 bits per heavy atom. The van der Waals surface area contributed by atoms with Gasteiger partial charge in [0.2, 0.25) is 11.8 Å². The molecular weight excluding hydrogens is 522 g/mol. The van der Waals surface area contributed by atoms with E-state index >= 15 is 0 Å². The van der Waals surface area contributed by atoms with Crippen LogP contribution in [0.4, 0.5) is 14.6 Å². The fraction of sp³-hybridized carbons (Fsp3) is 0.364. The lowest BCUT2D eigenvalue weighted by Gasteiger charge is -2.51. The number of pyridine rings is 1. The highest BCUT2D eigenvalue weighted by Crippen LogP contribution is 2.47. The molecule has 3 heterocycles. The lowest BCUT2D eigenvalue weighted by molar-refractivity contribution is -0.149. The van der Waals surface area contributed by atoms with Gasteiger partial charge in [-0.1, -0.05) is 49.3 Å². The quantitative estimate of drug-likeness (QED) is 0.475. The van der Waals surface area contributed by atoms with Gasteiger partial charge in [-0.05, 0) is 73.1 Å². The molecule has 1 saturated carbocycles. The van der Waals surface area contributed by atoms with Crippen LogP contribution >= 0.6 is 0 Å². The van der Waals surface area contributed by atoms with Gasteiger partial charge in [0.05, 0.1) is 16.5 Å². The summed E-state index contributed by atoms with van der Waals surface area (Å²) in [6.07, 6.45) is 10.3. The summed E-state index contributed by atoms with van der Waals surface area (Å²) in [5, 5.41) is 6.43. The third-order valence-corrected chi connectivity index (χ3v) is 9.77. The number of carbonyl (C=O) groups excluding carboxylic acids is 2. The Hall–Kier alpha value is -3.91. The van der Waals surface area contributed by atoms with Crippen LogP contribution in [0.1, 0.15) is 60.4 Å². The van der Waals surface area contributed by atoms with Crippen molar-refractivity contribution in [1.82, 2.24) is 15.2 Å². The van der Waals surface area contributed by atoms with E-state index in [1.165, 1.54) is 12.1 Å². The number of rotatable bonds is 4. The lowest BCUT2D eigenvalue weighted by Crippen LogP contribution is -2.70. The first-order chi connectivity index (χ1) is 19.7. The first-order valence-electron chi connectivity index (χ1n) is 14.3. The number of piperazine rings is 1. The topological polar surface area (TPSA) is 74.3 Å². The van der Waals surface area contributed by atoms with Crippen LogP contribution < -0.4 is 10.6 Å². The van der Waals surface area contributed by atoms with E-state index < -0.39 is 28.1 Å². The van der Waals surface area contributed by atoms with Crippen molar-refractivity contribution in [3.8, 4) is 0 Å². The fourth-order valence-electron chi connectivity index (χ4n) is 7.46. The molecule has 6 nitrogen and oxygen atoms in total. The van der Waals surface area contributed by atoms with Crippen LogP contribution in [0.15, 0.2) is 60.8 Å². The fourth-order valence-corrected chi connectivity index (χ4v) is 7.46. The van der Waals surface area contributed by atoms with Crippen LogP contribution in [0.5, 0.6) is 0 Å². The Bertz CT molecular complexity index is 1590. The van der Waals surface area contributed by atoms with Gasteiger partial charge in [0.25, 0.3) is 0 Å². The average Bonchev–Trinajstić information content (AvgIpc) is 3.65. The molecule has 2 aromatic carbocycles. The average molecular weight is 555 g/mol. The summed E-state index contributed by atoms with van der Waals surface area (Å²) < 4.78 is 28.5. The van der Waals surface area contributed by atoms with Crippen LogP contribution in [0.25, 0.3) is 6.08 Å². The van der Waals surface area contributed by atoms with Crippen molar-refractivity contribution in [3.63, 3.8) is 0 Å². The SMILES string of the molecule is C[C@@]1(c2cc(F)cc(F)c2)CNC2(CCCC2)C(=O)N1C/C=C/c1ccc2c(c1)CC1(C2)C(=O)Nc2ncccc21. The number of carbonyl (C=O) groups is 2. The maximum Gasteiger partial charge on any atom is 0.243 e. The molecule has 2 atom stereocenters. The smallest absolute Gasteiger partial charge is 0.243 e. The van der Waals surface area contributed by atoms with Gasteiger partial charge in [-0.3, -0.25) is 9.59 Å². The van der Waals surface area contributed by atoms with E-state index in [0.717, 1.165) is 54.0 Å². The van der Waals surface area contributed by atoms with Gasteiger partial charge in [-0.25, -0.2) is 13.8 Å². The van der Waals surface area contributed by atoms with Crippen molar-refractivity contribution in [1.29, 1.82) is 0 Å². The second-order valence-electron chi connectivity index (χ2n) is 12.2. The van der Waals surface area contributed by atoms with Crippen LogP contribution in [0, 0.1) is 11.6 Å². The van der Waals surface area contributed by atoms with Crippen molar-refractivity contribution in [3.05, 3.63) is 100 Å². The number of nitrogens with one attached hydrogen (secondary N) is 2. The van der Waals surface area contributed by atoms with E-state index in [1.807, 2.05) is 37.3 Å². The number of hydrogen-bond acceptors (Lipinski definition) is 4. The third kappa shape index (κ3) is 4.02. The van der Waals surface area contributed by atoms with Gasteiger partial charge in [0, 0.05) is 30.9 Å². The van der Waals surface area contributed by atoms with Crippen molar-refractivity contribution in [2.45, 2.75) is 61.9 Å². The summed E-state index contributed by atoms with van der Waals surface area (Å²) >= 11 is 0. The van der Waals surface area contributed by atoms with E-state index in [-0.39, 0.29) is 11.8 Å². The third-order valence-electron chi connectivity index (χ3n) is 9.77. The Balaban J connectivity index is 1.16. The maximum atomic E-state index is 14.3. The summed E-state index contributed by atoms with van der Waals surface area (Å²) in [6, 6.07) is 13.6. The summed E-state index contributed by atoms with van der Waals surface area (Å²) in [5.41, 5.74) is 2.47. The largest absolute Gasteiger partial charge is 0.327 e. The van der Waals surface area contributed by atoms with E-state index in [0.29, 0.717) is 37.3 Å². The molecular formula is C33H32F2N4O2. The molecule has 7 rings (SSSR count). The van der Waals surface area contributed by atoms with Crippen LogP contribution in [-0.2, 0) is 33.4 Å².